The van der Waals surface area contributed by atoms with Crippen LogP contribution in [0.15, 0.2) is 24.3 Å². The van der Waals surface area contributed by atoms with Gasteiger partial charge in [-0.25, -0.2) is 4.79 Å². The normalized spacial score (nSPS) is 20.5. The van der Waals surface area contributed by atoms with Crippen molar-refractivity contribution in [1.29, 1.82) is 0 Å². The summed E-state index contributed by atoms with van der Waals surface area (Å²) in [6.45, 7) is 2.92. The Bertz CT molecular complexity index is 361. The molecule has 2 rings (SSSR count). The second kappa shape index (κ2) is 3.90. The van der Waals surface area contributed by atoms with Gasteiger partial charge in [0.2, 0.25) is 0 Å². The fraction of sp³-hybridized carbons (Fsp3) is 0.364. The maximum absolute atomic E-state index is 11.5. The molecule has 0 saturated carbocycles. The number of carbonyl (C=O) groups is 1. The predicted molar refractivity (Wildman–Crippen MR) is 57.8 cm³/mol. The van der Waals surface area contributed by atoms with Gasteiger partial charge in [-0.05, 0) is 19.1 Å². The Labute approximate surface area is 88.6 Å². The van der Waals surface area contributed by atoms with Gasteiger partial charge in [-0.2, -0.15) is 0 Å². The van der Waals surface area contributed by atoms with Gasteiger partial charge in [-0.1, -0.05) is 17.7 Å². The molecule has 1 aliphatic heterocycles. The number of nitrogens with two attached hydrogens (primary N) is 1. The highest BCUT2D eigenvalue weighted by Gasteiger charge is 2.31. The molecule has 1 amide bonds. The molecule has 1 aromatic carbocycles. The molecule has 1 saturated heterocycles. The van der Waals surface area contributed by atoms with Crippen molar-refractivity contribution in [2.45, 2.75) is 13.0 Å². The summed E-state index contributed by atoms with van der Waals surface area (Å²) in [5.74, 6) is 0. The lowest BCUT2D eigenvalue weighted by Crippen LogP contribution is -2.27. The standard InChI is InChI=1S/C11H14N2O2/c1-8-2-4-9(5-3-8)13-7-10(6-12)15-11(13)14/h2-5,10H,6-7,12H2,1H3/t10-/m0/s1. The molecule has 1 aromatic rings. The predicted octanol–water partition coefficient (Wildman–Crippen LogP) is 1.28. The first kappa shape index (κ1) is 9.98. The lowest BCUT2D eigenvalue weighted by Gasteiger charge is -2.12. The summed E-state index contributed by atoms with van der Waals surface area (Å²) >= 11 is 0. The lowest BCUT2D eigenvalue weighted by molar-refractivity contribution is 0.145. The minimum Gasteiger partial charge on any atom is -0.443 e. The Morgan fingerprint density at radius 2 is 2.13 bits per heavy atom. The Morgan fingerprint density at radius 3 is 2.67 bits per heavy atom. The molecule has 0 aromatic heterocycles. The average Bonchev–Trinajstić information content (AvgIpc) is 2.61. The molecule has 4 nitrogen and oxygen atoms in total. The van der Waals surface area contributed by atoms with Gasteiger partial charge >= 0.3 is 6.09 Å². The summed E-state index contributed by atoms with van der Waals surface area (Å²) in [6, 6.07) is 7.77. The number of benzene rings is 1. The van der Waals surface area contributed by atoms with Gasteiger partial charge < -0.3 is 10.5 Å². The third-order valence-corrected chi connectivity index (χ3v) is 2.48. The number of rotatable bonds is 2. The Kier molecular flexibility index (Phi) is 2.60. The van der Waals surface area contributed by atoms with Crippen LogP contribution in [0.25, 0.3) is 0 Å². The van der Waals surface area contributed by atoms with E-state index in [2.05, 4.69) is 0 Å². The number of cyclic esters (lactones) is 1. The van der Waals surface area contributed by atoms with Crippen molar-refractivity contribution in [2.75, 3.05) is 18.0 Å². The van der Waals surface area contributed by atoms with Crippen LogP contribution in [0.3, 0.4) is 0 Å². The average molecular weight is 206 g/mol. The summed E-state index contributed by atoms with van der Waals surface area (Å²) in [7, 11) is 0. The number of hydrogen-bond donors (Lipinski definition) is 1. The molecule has 80 valence electrons. The zero-order chi connectivity index (χ0) is 10.8. The van der Waals surface area contributed by atoms with Crippen LogP contribution in [0.5, 0.6) is 0 Å². The van der Waals surface area contributed by atoms with Gasteiger partial charge in [0, 0.05) is 12.2 Å². The molecular formula is C11H14N2O2. The monoisotopic (exact) mass is 206 g/mol. The number of aryl methyl sites for hydroxylation is 1. The quantitative estimate of drug-likeness (QED) is 0.793. The molecule has 0 spiro atoms. The molecule has 0 unspecified atom stereocenters. The molecule has 1 fully saturated rings. The van der Waals surface area contributed by atoms with Gasteiger partial charge in [0.15, 0.2) is 0 Å². The molecule has 15 heavy (non-hydrogen) atoms. The first-order valence-electron chi connectivity index (χ1n) is 4.95. The van der Waals surface area contributed by atoms with Gasteiger partial charge in [-0.3, -0.25) is 4.90 Å². The van der Waals surface area contributed by atoms with E-state index in [4.69, 9.17) is 10.5 Å². The smallest absolute Gasteiger partial charge is 0.414 e. The van der Waals surface area contributed by atoms with E-state index < -0.39 is 0 Å². The molecule has 1 atom stereocenters. The van der Waals surface area contributed by atoms with Crippen LogP contribution in [-0.4, -0.2) is 25.3 Å². The zero-order valence-electron chi connectivity index (χ0n) is 8.64. The van der Waals surface area contributed by atoms with E-state index in [1.165, 1.54) is 5.56 Å². The van der Waals surface area contributed by atoms with E-state index in [0.717, 1.165) is 5.69 Å². The summed E-state index contributed by atoms with van der Waals surface area (Å²) in [6.07, 6.45) is -0.492. The number of ether oxygens (including phenoxy) is 1. The molecule has 0 aliphatic carbocycles. The second-order valence-corrected chi connectivity index (χ2v) is 3.69. The van der Waals surface area contributed by atoms with E-state index >= 15 is 0 Å². The molecule has 1 heterocycles. The molecule has 0 bridgehead atoms. The third-order valence-electron chi connectivity index (χ3n) is 2.48. The van der Waals surface area contributed by atoms with Gasteiger partial charge in [0.05, 0.1) is 6.54 Å². The van der Waals surface area contributed by atoms with Crippen molar-refractivity contribution in [3.05, 3.63) is 29.8 Å². The van der Waals surface area contributed by atoms with E-state index in [1.54, 1.807) is 4.90 Å². The van der Waals surface area contributed by atoms with Crippen molar-refractivity contribution < 1.29 is 9.53 Å². The van der Waals surface area contributed by atoms with Crippen LogP contribution >= 0.6 is 0 Å². The summed E-state index contributed by atoms with van der Waals surface area (Å²) in [5, 5.41) is 0. The second-order valence-electron chi connectivity index (χ2n) is 3.69. The van der Waals surface area contributed by atoms with Crippen molar-refractivity contribution in [2.24, 2.45) is 5.73 Å². The number of nitrogens with zero attached hydrogens (tertiary/aromatic N) is 1. The largest absolute Gasteiger partial charge is 0.443 e. The maximum Gasteiger partial charge on any atom is 0.414 e. The number of hydrogen-bond acceptors (Lipinski definition) is 3. The Hall–Kier alpha value is -1.55. The number of amides is 1. The molecular weight excluding hydrogens is 192 g/mol. The third kappa shape index (κ3) is 1.94. The molecule has 4 heteroatoms. The lowest BCUT2D eigenvalue weighted by atomic mass is 10.2. The zero-order valence-corrected chi connectivity index (χ0v) is 8.64. The summed E-state index contributed by atoms with van der Waals surface area (Å²) in [4.78, 5) is 13.1. The van der Waals surface area contributed by atoms with Crippen LogP contribution in [0, 0.1) is 6.92 Å². The first-order chi connectivity index (χ1) is 7.20. The van der Waals surface area contributed by atoms with Gasteiger partial charge in [-0.15, -0.1) is 0 Å². The fourth-order valence-corrected chi connectivity index (χ4v) is 1.58. The van der Waals surface area contributed by atoms with E-state index in [-0.39, 0.29) is 12.2 Å². The first-order valence-corrected chi connectivity index (χ1v) is 4.95. The highest BCUT2D eigenvalue weighted by atomic mass is 16.6. The fourth-order valence-electron chi connectivity index (χ4n) is 1.58. The van der Waals surface area contributed by atoms with Crippen LogP contribution in [0.4, 0.5) is 10.5 Å². The number of anilines is 1. The Morgan fingerprint density at radius 1 is 1.47 bits per heavy atom. The van der Waals surface area contributed by atoms with E-state index in [9.17, 15) is 4.79 Å². The van der Waals surface area contributed by atoms with Crippen molar-refractivity contribution in [1.82, 2.24) is 0 Å². The molecule has 2 N–H and O–H groups in total. The summed E-state index contributed by atoms with van der Waals surface area (Å²) in [5.41, 5.74) is 7.49. The van der Waals surface area contributed by atoms with E-state index in [0.29, 0.717) is 13.1 Å². The topological polar surface area (TPSA) is 55.6 Å². The highest BCUT2D eigenvalue weighted by molar-refractivity contribution is 5.89. The molecule has 0 radical (unpaired) electrons. The van der Waals surface area contributed by atoms with E-state index in [1.807, 2.05) is 31.2 Å². The minimum absolute atomic E-state index is 0.182. The Balaban J connectivity index is 2.18. The van der Waals surface area contributed by atoms with Crippen molar-refractivity contribution in [3.8, 4) is 0 Å². The van der Waals surface area contributed by atoms with Gasteiger partial charge in [0.25, 0.3) is 0 Å². The van der Waals surface area contributed by atoms with Crippen LogP contribution in [0.2, 0.25) is 0 Å². The van der Waals surface area contributed by atoms with Crippen LogP contribution in [0.1, 0.15) is 5.56 Å². The summed E-state index contributed by atoms with van der Waals surface area (Å²) < 4.78 is 5.07. The SMILES string of the molecule is Cc1ccc(N2C[C@H](CN)OC2=O)cc1. The highest BCUT2D eigenvalue weighted by Crippen LogP contribution is 2.21. The minimum atomic E-state index is -0.311. The van der Waals surface area contributed by atoms with Crippen molar-refractivity contribution >= 4 is 11.8 Å². The van der Waals surface area contributed by atoms with Crippen LogP contribution in [-0.2, 0) is 4.74 Å². The maximum atomic E-state index is 11.5. The van der Waals surface area contributed by atoms with Gasteiger partial charge in [0.1, 0.15) is 6.10 Å². The number of carbonyl (C=O) groups excluding carboxylic acids is 1. The molecule has 1 aliphatic rings. The van der Waals surface area contributed by atoms with Crippen LogP contribution < -0.4 is 10.6 Å². The van der Waals surface area contributed by atoms with Crippen molar-refractivity contribution in [3.63, 3.8) is 0 Å².